The largest absolute Gasteiger partial charge is 0.294 e. The van der Waals surface area contributed by atoms with Gasteiger partial charge < -0.3 is 0 Å². The van der Waals surface area contributed by atoms with Gasteiger partial charge in [-0.1, -0.05) is 152 Å². The summed E-state index contributed by atoms with van der Waals surface area (Å²) in [7, 11) is 0. The van der Waals surface area contributed by atoms with Gasteiger partial charge in [0.15, 0.2) is 0 Å². The van der Waals surface area contributed by atoms with Crippen molar-refractivity contribution >= 4 is 54.1 Å². The van der Waals surface area contributed by atoms with E-state index in [2.05, 4.69) is 187 Å². The van der Waals surface area contributed by atoms with Gasteiger partial charge in [-0.05, 0) is 84.9 Å². The van der Waals surface area contributed by atoms with Gasteiger partial charge in [0, 0.05) is 16.3 Å². The molecule has 2 heterocycles. The van der Waals surface area contributed by atoms with Crippen molar-refractivity contribution < 1.29 is 0 Å². The van der Waals surface area contributed by atoms with E-state index in [1.54, 1.807) is 0 Å². The van der Waals surface area contributed by atoms with Crippen LogP contribution in [0.1, 0.15) is 0 Å². The van der Waals surface area contributed by atoms with E-state index in [-0.39, 0.29) is 0 Å². The van der Waals surface area contributed by atoms with Crippen molar-refractivity contribution in [3.63, 3.8) is 0 Å². The number of rotatable bonds is 4. The predicted octanol–water partition coefficient (Wildman–Crippen LogP) is 12.6. The van der Waals surface area contributed by atoms with Crippen molar-refractivity contribution in [3.05, 3.63) is 182 Å². The number of aromatic nitrogens is 2. The number of benzene rings is 8. The number of hydrogen-bond donors (Lipinski definition) is 0. The van der Waals surface area contributed by atoms with Gasteiger partial charge >= 0.3 is 0 Å². The van der Waals surface area contributed by atoms with E-state index in [1.807, 2.05) is 0 Å². The molecule has 0 saturated carbocycles. The summed E-state index contributed by atoms with van der Waals surface area (Å²) in [6.07, 6.45) is 0. The van der Waals surface area contributed by atoms with Crippen LogP contribution in [-0.2, 0) is 0 Å². The van der Waals surface area contributed by atoms with Gasteiger partial charge in [-0.2, -0.15) is 0 Å². The molecule has 0 radical (unpaired) electrons. The van der Waals surface area contributed by atoms with E-state index in [0.717, 1.165) is 39.2 Å². The first-order chi connectivity index (χ1) is 24.3. The van der Waals surface area contributed by atoms with Crippen molar-refractivity contribution in [2.24, 2.45) is 0 Å². The van der Waals surface area contributed by atoms with Gasteiger partial charge in [0.1, 0.15) is 5.82 Å². The molecule has 2 heteroatoms. The third-order valence-electron chi connectivity index (χ3n) is 9.99. The SMILES string of the molecule is c1ccc(-c2cc(-c3ccc(-c4ccc5c6ccccc6c6ccccc6c5c4)cc3)cc(-n3c4ccccc4c4ccccc43)n2)cc1. The fraction of sp³-hybridized carbons (Fsp3) is 0. The zero-order valence-corrected chi connectivity index (χ0v) is 26.7. The number of pyridine rings is 1. The minimum absolute atomic E-state index is 0.909. The molecule has 8 aromatic carbocycles. The Bertz CT molecular complexity index is 2770. The van der Waals surface area contributed by atoms with E-state index in [0.29, 0.717) is 0 Å². The highest BCUT2D eigenvalue weighted by molar-refractivity contribution is 6.25. The van der Waals surface area contributed by atoms with Crippen LogP contribution in [-0.4, -0.2) is 9.55 Å². The fourth-order valence-corrected chi connectivity index (χ4v) is 7.67. The van der Waals surface area contributed by atoms with Crippen LogP contribution >= 0.6 is 0 Å². The van der Waals surface area contributed by atoms with Crippen LogP contribution in [0.2, 0.25) is 0 Å². The van der Waals surface area contributed by atoms with Gasteiger partial charge in [0.2, 0.25) is 0 Å². The van der Waals surface area contributed by atoms with Gasteiger partial charge in [-0.25, -0.2) is 4.98 Å². The lowest BCUT2D eigenvalue weighted by molar-refractivity contribution is 1.08. The van der Waals surface area contributed by atoms with Crippen LogP contribution in [0.25, 0.3) is 93.5 Å². The predicted molar refractivity (Wildman–Crippen MR) is 207 cm³/mol. The number of para-hydroxylation sites is 2. The fourth-order valence-electron chi connectivity index (χ4n) is 7.67. The zero-order chi connectivity index (χ0) is 32.3. The smallest absolute Gasteiger partial charge is 0.138 e. The second-order valence-electron chi connectivity index (χ2n) is 12.8. The van der Waals surface area contributed by atoms with Gasteiger partial charge in [0.05, 0.1) is 16.7 Å². The first-order valence-electron chi connectivity index (χ1n) is 16.8. The Kier molecular flexibility index (Phi) is 6.22. The second kappa shape index (κ2) is 11.0. The first kappa shape index (κ1) is 27.6. The Morgan fingerprint density at radius 3 is 1.33 bits per heavy atom. The Hall–Kier alpha value is -6.51. The van der Waals surface area contributed by atoms with E-state index in [4.69, 9.17) is 4.98 Å². The highest BCUT2D eigenvalue weighted by Gasteiger charge is 2.16. The molecule has 0 aliphatic rings. The van der Waals surface area contributed by atoms with Crippen LogP contribution in [0.15, 0.2) is 182 Å². The normalized spacial score (nSPS) is 11.7. The summed E-state index contributed by atoms with van der Waals surface area (Å²) in [5.41, 5.74) is 9.05. The molecule has 49 heavy (non-hydrogen) atoms. The van der Waals surface area contributed by atoms with Crippen molar-refractivity contribution in [3.8, 4) is 39.3 Å². The van der Waals surface area contributed by atoms with Gasteiger partial charge in [-0.3, -0.25) is 4.57 Å². The molecule has 0 spiro atoms. The molecule has 0 saturated heterocycles. The molecule has 0 aliphatic carbocycles. The molecule has 0 bridgehead atoms. The lowest BCUT2D eigenvalue weighted by atomic mass is 9.92. The highest BCUT2D eigenvalue weighted by atomic mass is 15.1. The minimum atomic E-state index is 0.909. The van der Waals surface area contributed by atoms with Crippen molar-refractivity contribution in [2.45, 2.75) is 0 Å². The summed E-state index contributed by atoms with van der Waals surface area (Å²) in [5.74, 6) is 0.909. The molecule has 0 amide bonds. The summed E-state index contributed by atoms with van der Waals surface area (Å²) >= 11 is 0. The van der Waals surface area contributed by atoms with Crippen LogP contribution < -0.4 is 0 Å². The average Bonchev–Trinajstić information content (AvgIpc) is 3.52. The summed E-state index contributed by atoms with van der Waals surface area (Å²) in [4.78, 5) is 5.28. The molecule has 2 aromatic heterocycles. The lowest BCUT2D eigenvalue weighted by Crippen LogP contribution is -2.00. The van der Waals surface area contributed by atoms with E-state index < -0.39 is 0 Å². The summed E-state index contributed by atoms with van der Waals surface area (Å²) in [6, 6.07) is 65.6. The number of hydrogen-bond acceptors (Lipinski definition) is 1. The Morgan fingerprint density at radius 2 is 0.735 bits per heavy atom. The molecular weight excluding hydrogens is 593 g/mol. The third kappa shape index (κ3) is 4.46. The van der Waals surface area contributed by atoms with E-state index >= 15 is 0 Å². The summed E-state index contributed by atoms with van der Waals surface area (Å²) < 4.78 is 2.30. The molecule has 10 aromatic rings. The van der Waals surface area contributed by atoms with Gasteiger partial charge in [-0.15, -0.1) is 0 Å². The zero-order valence-electron chi connectivity index (χ0n) is 26.7. The standard InChI is InChI=1S/C47H30N2/c1-2-12-33(13-3-1)44-29-35(30-47(48-44)49-45-20-10-8-18-41(45)42-19-9-11-21-46(42)49)32-24-22-31(23-25-32)34-26-27-40-38-16-5-4-14-36(38)37-15-6-7-17-39(37)43(40)28-34/h1-30H. The Morgan fingerprint density at radius 1 is 0.286 bits per heavy atom. The quantitative estimate of drug-likeness (QED) is 0.179. The molecule has 0 aliphatic heterocycles. The molecular formula is C47H30N2. The second-order valence-corrected chi connectivity index (χ2v) is 12.8. The average molecular weight is 623 g/mol. The van der Waals surface area contributed by atoms with E-state index in [1.165, 1.54) is 54.2 Å². The molecule has 228 valence electrons. The molecule has 0 atom stereocenters. The summed E-state index contributed by atoms with van der Waals surface area (Å²) in [5, 5.41) is 10.2. The number of fused-ring (bicyclic) bond motifs is 9. The lowest BCUT2D eigenvalue weighted by Gasteiger charge is -2.14. The molecule has 0 unspecified atom stereocenters. The van der Waals surface area contributed by atoms with Crippen LogP contribution in [0.3, 0.4) is 0 Å². The van der Waals surface area contributed by atoms with Crippen LogP contribution in [0.4, 0.5) is 0 Å². The Balaban J connectivity index is 1.12. The highest BCUT2D eigenvalue weighted by Crippen LogP contribution is 2.38. The minimum Gasteiger partial charge on any atom is -0.294 e. The first-order valence-corrected chi connectivity index (χ1v) is 16.8. The van der Waals surface area contributed by atoms with E-state index in [9.17, 15) is 0 Å². The maximum absolute atomic E-state index is 5.28. The topological polar surface area (TPSA) is 17.8 Å². The monoisotopic (exact) mass is 622 g/mol. The molecule has 0 fully saturated rings. The molecule has 10 rings (SSSR count). The van der Waals surface area contributed by atoms with Gasteiger partial charge in [0.25, 0.3) is 0 Å². The van der Waals surface area contributed by atoms with Crippen molar-refractivity contribution in [1.29, 1.82) is 0 Å². The molecule has 2 nitrogen and oxygen atoms in total. The number of nitrogens with zero attached hydrogens (tertiary/aromatic N) is 2. The maximum atomic E-state index is 5.28. The summed E-state index contributed by atoms with van der Waals surface area (Å²) in [6.45, 7) is 0. The maximum Gasteiger partial charge on any atom is 0.138 e. The third-order valence-corrected chi connectivity index (χ3v) is 9.99. The molecule has 0 N–H and O–H groups in total. The Labute approximate surface area is 284 Å². The van der Waals surface area contributed by atoms with Crippen molar-refractivity contribution in [2.75, 3.05) is 0 Å². The van der Waals surface area contributed by atoms with Crippen LogP contribution in [0.5, 0.6) is 0 Å². The van der Waals surface area contributed by atoms with Crippen LogP contribution in [0, 0.1) is 0 Å². The van der Waals surface area contributed by atoms with Crippen molar-refractivity contribution in [1.82, 2.24) is 9.55 Å².